The Hall–Kier alpha value is -3.75. The van der Waals surface area contributed by atoms with E-state index in [1.807, 2.05) is 0 Å². The molecule has 2 aromatic heterocycles. The molecule has 0 aliphatic carbocycles. The van der Waals surface area contributed by atoms with Gasteiger partial charge in [-0.25, -0.2) is 0 Å². The zero-order valence-electron chi connectivity index (χ0n) is 15.9. The third-order valence-corrected chi connectivity index (χ3v) is 4.77. The van der Waals surface area contributed by atoms with Gasteiger partial charge in [0.1, 0.15) is 11.5 Å². The highest BCUT2D eigenvalue weighted by molar-refractivity contribution is 6.14. The van der Waals surface area contributed by atoms with Gasteiger partial charge in [-0.05, 0) is 36.4 Å². The molecule has 0 atom stereocenters. The van der Waals surface area contributed by atoms with E-state index in [4.69, 9.17) is 8.83 Å². The van der Waals surface area contributed by atoms with Gasteiger partial charge in [-0.15, -0.1) is 0 Å². The van der Waals surface area contributed by atoms with Crippen molar-refractivity contribution in [2.24, 2.45) is 0 Å². The highest BCUT2D eigenvalue weighted by Crippen LogP contribution is 2.35. The molecule has 2 heterocycles. The van der Waals surface area contributed by atoms with E-state index >= 15 is 0 Å². The number of alkyl halides is 6. The summed E-state index contributed by atoms with van der Waals surface area (Å²) in [6.07, 6.45) is -6.57. The first-order valence-electron chi connectivity index (χ1n) is 9.10. The molecule has 0 amide bonds. The lowest BCUT2D eigenvalue weighted by Gasteiger charge is -2.08. The van der Waals surface area contributed by atoms with Gasteiger partial charge in [0.05, 0.1) is 34.8 Å². The summed E-state index contributed by atoms with van der Waals surface area (Å²) < 4.78 is 87.5. The lowest BCUT2D eigenvalue weighted by molar-refractivity contribution is -0.138. The summed E-state index contributed by atoms with van der Waals surface area (Å²) in [7, 11) is 0. The molecule has 0 saturated heterocycles. The van der Waals surface area contributed by atoms with Crippen LogP contribution in [0.3, 0.4) is 0 Å². The van der Waals surface area contributed by atoms with Crippen LogP contribution in [0.5, 0.6) is 0 Å². The van der Waals surface area contributed by atoms with E-state index in [2.05, 4.69) is 0 Å². The Kier molecular flexibility index (Phi) is 5.20. The Morgan fingerprint density at radius 1 is 0.562 bits per heavy atom. The van der Waals surface area contributed by atoms with Crippen LogP contribution in [0.25, 0.3) is 22.6 Å². The van der Waals surface area contributed by atoms with E-state index in [-0.39, 0.29) is 33.8 Å². The minimum absolute atomic E-state index is 0.0586. The number of carbonyl (C=O) groups is 1. The Morgan fingerprint density at radius 3 is 1.22 bits per heavy atom. The Bertz CT molecular complexity index is 1140. The summed E-state index contributed by atoms with van der Waals surface area (Å²) in [4.78, 5) is 13.1. The molecule has 32 heavy (non-hydrogen) atoms. The second kappa shape index (κ2) is 7.74. The van der Waals surface area contributed by atoms with Crippen molar-refractivity contribution in [2.45, 2.75) is 12.4 Å². The quantitative estimate of drug-likeness (QED) is 0.239. The molecule has 0 N–H and O–H groups in total. The predicted octanol–water partition coefficient (Wildman–Crippen LogP) is 7.48. The van der Waals surface area contributed by atoms with Crippen LogP contribution >= 0.6 is 0 Å². The predicted molar refractivity (Wildman–Crippen MR) is 102 cm³/mol. The molecular formula is C23H12F6O3. The highest BCUT2D eigenvalue weighted by atomic mass is 19.4. The van der Waals surface area contributed by atoms with Gasteiger partial charge in [-0.1, -0.05) is 24.3 Å². The van der Waals surface area contributed by atoms with Gasteiger partial charge in [0, 0.05) is 11.1 Å². The molecule has 0 spiro atoms. The normalized spacial score (nSPS) is 12.2. The van der Waals surface area contributed by atoms with Crippen molar-refractivity contribution < 1.29 is 40.0 Å². The molecular weight excluding hydrogens is 438 g/mol. The van der Waals surface area contributed by atoms with Gasteiger partial charge in [-0.3, -0.25) is 4.79 Å². The lowest BCUT2D eigenvalue weighted by atomic mass is 9.98. The van der Waals surface area contributed by atoms with Gasteiger partial charge in [-0.2, -0.15) is 26.3 Å². The maximum atomic E-state index is 13.1. The van der Waals surface area contributed by atoms with Gasteiger partial charge in [0.15, 0.2) is 0 Å². The van der Waals surface area contributed by atoms with Gasteiger partial charge in [0.25, 0.3) is 0 Å². The van der Waals surface area contributed by atoms with Crippen molar-refractivity contribution in [3.05, 3.63) is 95.4 Å². The first-order valence-corrected chi connectivity index (χ1v) is 9.10. The monoisotopic (exact) mass is 450 g/mol. The van der Waals surface area contributed by atoms with E-state index < -0.39 is 29.3 Å². The van der Waals surface area contributed by atoms with Crippen molar-refractivity contribution in [1.29, 1.82) is 0 Å². The second-order valence-electron chi connectivity index (χ2n) is 6.81. The molecule has 0 fully saturated rings. The molecule has 4 rings (SSSR count). The van der Waals surface area contributed by atoms with E-state index in [1.165, 1.54) is 48.9 Å². The van der Waals surface area contributed by atoms with Crippen molar-refractivity contribution in [2.75, 3.05) is 0 Å². The van der Waals surface area contributed by atoms with Crippen LogP contribution in [-0.4, -0.2) is 5.78 Å². The Morgan fingerprint density at radius 2 is 0.906 bits per heavy atom. The zero-order chi connectivity index (χ0) is 23.1. The minimum Gasteiger partial charge on any atom is -0.464 e. The van der Waals surface area contributed by atoms with Crippen LogP contribution < -0.4 is 0 Å². The fraction of sp³-hybridized carbons (Fsp3) is 0.0870. The van der Waals surface area contributed by atoms with Crippen LogP contribution in [0.15, 0.2) is 82.0 Å². The minimum atomic E-state index is -4.51. The zero-order valence-corrected chi connectivity index (χ0v) is 15.9. The molecule has 4 aromatic rings. The van der Waals surface area contributed by atoms with Crippen molar-refractivity contribution in [3.8, 4) is 22.6 Å². The summed E-state index contributed by atoms with van der Waals surface area (Å²) in [5.41, 5.74) is -1.05. The van der Waals surface area contributed by atoms with Gasteiger partial charge < -0.3 is 8.83 Å². The van der Waals surface area contributed by atoms with Crippen LogP contribution in [0, 0.1) is 0 Å². The molecule has 9 heteroatoms. The molecule has 0 aliphatic heterocycles. The molecule has 0 unspecified atom stereocenters. The van der Waals surface area contributed by atoms with Crippen molar-refractivity contribution in [1.82, 2.24) is 0 Å². The van der Waals surface area contributed by atoms with E-state index in [9.17, 15) is 31.1 Å². The maximum absolute atomic E-state index is 13.1. The molecule has 2 aromatic carbocycles. The van der Waals surface area contributed by atoms with Crippen molar-refractivity contribution >= 4 is 5.78 Å². The number of hydrogen-bond donors (Lipinski definition) is 0. The molecule has 0 bridgehead atoms. The molecule has 0 radical (unpaired) electrons. The summed E-state index contributed by atoms with van der Waals surface area (Å²) in [6.45, 7) is 0. The van der Waals surface area contributed by atoms with Crippen molar-refractivity contribution in [3.63, 3.8) is 0 Å². The number of hydrogen-bond acceptors (Lipinski definition) is 3. The molecule has 0 aliphatic rings. The topological polar surface area (TPSA) is 43.4 Å². The first-order chi connectivity index (χ1) is 15.1. The number of carbonyl (C=O) groups excluding carboxylic acids is 1. The second-order valence-corrected chi connectivity index (χ2v) is 6.81. The first kappa shape index (κ1) is 21.5. The number of furan rings is 2. The van der Waals surface area contributed by atoms with E-state index in [0.29, 0.717) is 0 Å². The van der Waals surface area contributed by atoms with Gasteiger partial charge in [0.2, 0.25) is 5.78 Å². The van der Waals surface area contributed by atoms with E-state index in [1.54, 1.807) is 0 Å². The third-order valence-electron chi connectivity index (χ3n) is 4.77. The number of ketones is 1. The summed E-state index contributed by atoms with van der Waals surface area (Å²) in [6, 6.07) is 11.0. The van der Waals surface area contributed by atoms with Crippen LogP contribution in [0.4, 0.5) is 26.3 Å². The summed E-state index contributed by atoms with van der Waals surface area (Å²) >= 11 is 0. The average Bonchev–Trinajstić information content (AvgIpc) is 3.42. The molecule has 0 saturated carbocycles. The highest BCUT2D eigenvalue weighted by Gasteiger charge is 2.31. The summed E-state index contributed by atoms with van der Waals surface area (Å²) in [5, 5.41) is 0. The number of rotatable bonds is 4. The fourth-order valence-corrected chi connectivity index (χ4v) is 3.19. The standard InChI is InChI=1S/C23H12F6O3/c24-22(25,26)15-5-1-13(2-6-15)20-17(9-11-31-20)19(30)18-10-12-32-21(18)14-3-7-16(8-4-14)23(27,28)29/h1-12H. The fourth-order valence-electron chi connectivity index (χ4n) is 3.19. The van der Waals surface area contributed by atoms with Crippen LogP contribution in [-0.2, 0) is 12.4 Å². The molecule has 3 nitrogen and oxygen atoms in total. The van der Waals surface area contributed by atoms with Gasteiger partial charge >= 0.3 is 12.4 Å². The van der Waals surface area contributed by atoms with E-state index in [0.717, 1.165) is 24.3 Å². The lowest BCUT2D eigenvalue weighted by Crippen LogP contribution is -2.05. The largest absolute Gasteiger partial charge is 0.464 e. The Labute approximate surface area is 176 Å². The third kappa shape index (κ3) is 4.05. The SMILES string of the molecule is O=C(c1ccoc1-c1ccc(C(F)(F)F)cc1)c1ccoc1-c1ccc(C(F)(F)F)cc1. The van der Waals surface area contributed by atoms with Crippen LogP contribution in [0.1, 0.15) is 27.0 Å². The average molecular weight is 450 g/mol. The number of benzene rings is 2. The smallest absolute Gasteiger partial charge is 0.416 e. The summed E-state index contributed by atoms with van der Waals surface area (Å²) in [5.74, 6) is -0.441. The molecule has 164 valence electrons. The maximum Gasteiger partial charge on any atom is 0.416 e. The van der Waals surface area contributed by atoms with Crippen LogP contribution in [0.2, 0.25) is 0 Å². The number of halogens is 6. The Balaban J connectivity index is 1.67.